The van der Waals surface area contributed by atoms with Crippen molar-refractivity contribution in [1.82, 2.24) is 14.4 Å². The van der Waals surface area contributed by atoms with Crippen LogP contribution in [0.25, 0.3) is 0 Å². The highest BCUT2D eigenvalue weighted by atomic mass is 16.6. The Kier molecular flexibility index (Phi) is 7.23. The lowest BCUT2D eigenvalue weighted by Crippen LogP contribution is -2.47. The van der Waals surface area contributed by atoms with Crippen molar-refractivity contribution in [2.45, 2.75) is 45.6 Å². The van der Waals surface area contributed by atoms with E-state index in [1.807, 2.05) is 29.4 Å². The van der Waals surface area contributed by atoms with Crippen LogP contribution < -0.4 is 10.5 Å². The Hall–Kier alpha value is -3.69. The third-order valence-corrected chi connectivity index (χ3v) is 8.37. The summed E-state index contributed by atoms with van der Waals surface area (Å²) in [5, 5.41) is 12.1. The summed E-state index contributed by atoms with van der Waals surface area (Å²) in [5.41, 5.74) is 1.66. The van der Waals surface area contributed by atoms with Gasteiger partial charge in [-0.15, -0.1) is 0 Å². The molecule has 3 aliphatic rings. The van der Waals surface area contributed by atoms with Gasteiger partial charge in [0.25, 0.3) is 17.2 Å². The topological polar surface area (TPSA) is 109 Å². The fraction of sp³-hybridized carbons (Fsp3) is 0.536. The standard InChI is InChI=1S/C28H35N5O5/c1-3-29(4-2)28(36)21-7-6-12-30(17-21)27(35)20-10-11-24(25(14-20)33(37)38)31-15-19-13-22(18-31)23-8-5-9-26(34)32(23)16-19/h5,8-11,14,19,21-22H,3-4,6-7,12-13,15-18H2,1-2H3/t19-,21-,22+/m1/s1. The van der Waals surface area contributed by atoms with E-state index < -0.39 is 4.92 Å². The molecule has 1 aromatic heterocycles. The van der Waals surface area contributed by atoms with Gasteiger partial charge in [-0.1, -0.05) is 6.07 Å². The molecule has 5 rings (SSSR count). The van der Waals surface area contributed by atoms with Gasteiger partial charge in [0.05, 0.1) is 10.8 Å². The van der Waals surface area contributed by atoms with E-state index in [0.717, 1.165) is 25.0 Å². The first-order valence-electron chi connectivity index (χ1n) is 13.6. The molecule has 2 fully saturated rings. The molecule has 0 N–H and O–H groups in total. The number of rotatable bonds is 6. The number of likely N-dealkylation sites (tertiary alicyclic amines) is 1. The van der Waals surface area contributed by atoms with Crippen LogP contribution in [0.2, 0.25) is 0 Å². The molecule has 2 aromatic rings. The van der Waals surface area contributed by atoms with Crippen LogP contribution in [0.15, 0.2) is 41.2 Å². The van der Waals surface area contributed by atoms with Crippen LogP contribution in [0.4, 0.5) is 11.4 Å². The first-order valence-corrected chi connectivity index (χ1v) is 13.6. The van der Waals surface area contributed by atoms with E-state index in [1.54, 1.807) is 34.1 Å². The maximum atomic E-state index is 13.4. The van der Waals surface area contributed by atoms with Crippen LogP contribution in [0.3, 0.4) is 0 Å². The van der Waals surface area contributed by atoms with Crippen molar-refractivity contribution >= 4 is 23.2 Å². The van der Waals surface area contributed by atoms with Gasteiger partial charge in [-0.05, 0) is 57.2 Å². The lowest BCUT2D eigenvalue weighted by Gasteiger charge is -2.43. The van der Waals surface area contributed by atoms with E-state index in [0.29, 0.717) is 51.5 Å². The van der Waals surface area contributed by atoms with Gasteiger partial charge >= 0.3 is 0 Å². The summed E-state index contributed by atoms with van der Waals surface area (Å²) in [6.07, 6.45) is 2.42. The predicted molar refractivity (Wildman–Crippen MR) is 143 cm³/mol. The number of nitro benzene ring substituents is 1. The highest BCUT2D eigenvalue weighted by molar-refractivity contribution is 5.96. The van der Waals surface area contributed by atoms with Gasteiger partial charge in [-0.25, -0.2) is 0 Å². The zero-order valence-electron chi connectivity index (χ0n) is 22.0. The number of aromatic nitrogens is 1. The average molecular weight is 522 g/mol. The lowest BCUT2D eigenvalue weighted by molar-refractivity contribution is -0.384. The lowest BCUT2D eigenvalue weighted by atomic mass is 9.83. The predicted octanol–water partition coefficient (Wildman–Crippen LogP) is 3.10. The Bertz CT molecular complexity index is 1300. The molecule has 0 spiro atoms. The molecule has 10 nitrogen and oxygen atoms in total. The number of fused-ring (bicyclic) bond motifs is 4. The van der Waals surface area contributed by atoms with Crippen molar-refractivity contribution in [2.75, 3.05) is 44.2 Å². The molecule has 0 radical (unpaired) electrons. The second kappa shape index (κ2) is 10.6. The first kappa shape index (κ1) is 25.9. The number of nitrogens with zero attached hydrogens (tertiary/aromatic N) is 5. The van der Waals surface area contributed by atoms with Gasteiger partial charge in [-0.3, -0.25) is 24.5 Å². The Morgan fingerprint density at radius 2 is 1.87 bits per heavy atom. The van der Waals surface area contributed by atoms with Crippen LogP contribution in [-0.2, 0) is 11.3 Å². The molecule has 1 aromatic carbocycles. The van der Waals surface area contributed by atoms with E-state index in [4.69, 9.17) is 0 Å². The fourth-order valence-corrected chi connectivity index (χ4v) is 6.50. The molecule has 2 bridgehead atoms. The van der Waals surface area contributed by atoms with Crippen LogP contribution in [0.5, 0.6) is 0 Å². The zero-order valence-corrected chi connectivity index (χ0v) is 22.0. The van der Waals surface area contributed by atoms with Crippen molar-refractivity contribution < 1.29 is 14.5 Å². The summed E-state index contributed by atoms with van der Waals surface area (Å²) in [4.78, 5) is 55.8. The van der Waals surface area contributed by atoms with E-state index in [2.05, 4.69) is 0 Å². The first-order chi connectivity index (χ1) is 18.3. The smallest absolute Gasteiger partial charge is 0.293 e. The molecule has 3 aliphatic heterocycles. The molecule has 2 amide bonds. The third kappa shape index (κ3) is 4.79. The van der Waals surface area contributed by atoms with E-state index >= 15 is 0 Å². The van der Waals surface area contributed by atoms with E-state index in [-0.39, 0.29) is 46.4 Å². The van der Waals surface area contributed by atoms with Crippen LogP contribution >= 0.6 is 0 Å². The molecular weight excluding hydrogens is 486 g/mol. The number of piperidine rings is 2. The summed E-state index contributed by atoms with van der Waals surface area (Å²) in [5.74, 6) is -0.124. The van der Waals surface area contributed by atoms with Gasteiger partial charge in [0, 0.05) is 75.1 Å². The number of carbonyl (C=O) groups excluding carboxylic acids is 2. The second-order valence-corrected chi connectivity index (χ2v) is 10.7. The molecule has 2 saturated heterocycles. The minimum Gasteiger partial charge on any atom is -0.365 e. The number of carbonyl (C=O) groups is 2. The quantitative estimate of drug-likeness (QED) is 0.427. The number of hydrogen-bond donors (Lipinski definition) is 0. The van der Waals surface area contributed by atoms with E-state index in [9.17, 15) is 24.5 Å². The Balaban J connectivity index is 1.36. The molecule has 0 unspecified atom stereocenters. The fourth-order valence-electron chi connectivity index (χ4n) is 6.50. The van der Waals surface area contributed by atoms with Crippen LogP contribution in [-0.4, -0.2) is 70.4 Å². The molecule has 38 heavy (non-hydrogen) atoms. The summed E-state index contributed by atoms with van der Waals surface area (Å²) < 4.78 is 1.84. The number of benzene rings is 1. The zero-order chi connectivity index (χ0) is 27.0. The number of hydrogen-bond acceptors (Lipinski definition) is 6. The molecular formula is C28H35N5O5. The SMILES string of the molecule is CCN(CC)C(=O)[C@@H]1CCCN(C(=O)c2ccc(N3C[C@H]4C[C@@H](C3)c3cccc(=O)n3C4)c([N+](=O)[O-])c2)C1. The average Bonchev–Trinajstić information content (AvgIpc) is 2.93. The van der Waals surface area contributed by atoms with Gasteiger partial charge in [0.15, 0.2) is 0 Å². The molecule has 10 heteroatoms. The highest BCUT2D eigenvalue weighted by Gasteiger charge is 2.37. The summed E-state index contributed by atoms with van der Waals surface area (Å²) in [7, 11) is 0. The van der Waals surface area contributed by atoms with Gasteiger partial charge in [-0.2, -0.15) is 0 Å². The summed E-state index contributed by atoms with van der Waals surface area (Å²) >= 11 is 0. The van der Waals surface area contributed by atoms with Crippen molar-refractivity contribution in [2.24, 2.45) is 11.8 Å². The van der Waals surface area contributed by atoms with Crippen molar-refractivity contribution in [3.8, 4) is 0 Å². The Morgan fingerprint density at radius 1 is 1.08 bits per heavy atom. The number of amides is 2. The van der Waals surface area contributed by atoms with Crippen molar-refractivity contribution in [3.05, 3.63) is 68.1 Å². The van der Waals surface area contributed by atoms with Gasteiger partial charge in [0.2, 0.25) is 5.91 Å². The van der Waals surface area contributed by atoms with Gasteiger partial charge < -0.3 is 19.3 Å². The van der Waals surface area contributed by atoms with Crippen LogP contribution in [0, 0.1) is 22.0 Å². The number of pyridine rings is 1. The maximum absolute atomic E-state index is 13.4. The monoisotopic (exact) mass is 521 g/mol. The Morgan fingerprint density at radius 3 is 2.61 bits per heavy atom. The minimum atomic E-state index is -0.419. The second-order valence-electron chi connectivity index (χ2n) is 10.7. The molecule has 0 saturated carbocycles. The highest BCUT2D eigenvalue weighted by Crippen LogP contribution is 2.40. The Labute approximate surface area is 222 Å². The molecule has 3 atom stereocenters. The van der Waals surface area contributed by atoms with Crippen LogP contribution in [0.1, 0.15) is 55.1 Å². The number of nitro groups is 1. The molecule has 0 aliphatic carbocycles. The van der Waals surface area contributed by atoms with E-state index in [1.165, 1.54) is 6.07 Å². The largest absolute Gasteiger partial charge is 0.365 e. The third-order valence-electron chi connectivity index (χ3n) is 8.37. The normalized spacial score (nSPS) is 22.5. The molecule has 4 heterocycles. The minimum absolute atomic E-state index is 0.00163. The van der Waals surface area contributed by atoms with Crippen molar-refractivity contribution in [1.29, 1.82) is 0 Å². The number of anilines is 1. The van der Waals surface area contributed by atoms with Gasteiger partial charge in [0.1, 0.15) is 5.69 Å². The summed E-state index contributed by atoms with van der Waals surface area (Å²) in [6.45, 7) is 7.82. The maximum Gasteiger partial charge on any atom is 0.293 e. The van der Waals surface area contributed by atoms with Crippen molar-refractivity contribution in [3.63, 3.8) is 0 Å². The summed E-state index contributed by atoms with van der Waals surface area (Å²) in [6, 6.07) is 10.1. The molecule has 202 valence electrons.